The molecule has 0 unspecified atom stereocenters. The van der Waals surface area contributed by atoms with Crippen molar-refractivity contribution in [2.75, 3.05) is 0 Å². The molecule has 2 saturated carbocycles. The van der Waals surface area contributed by atoms with Crippen molar-refractivity contribution in [2.24, 2.45) is 0 Å². The van der Waals surface area contributed by atoms with E-state index in [0.717, 1.165) is 10.3 Å². The highest BCUT2D eigenvalue weighted by atomic mass is 79.9. The summed E-state index contributed by atoms with van der Waals surface area (Å²) >= 11 is 3.58. The van der Waals surface area contributed by atoms with Gasteiger partial charge in [-0.15, -0.1) is 0 Å². The largest absolute Gasteiger partial charge is 0.240 e. The molecule has 80 valence electrons. The van der Waals surface area contributed by atoms with Crippen LogP contribution in [0.1, 0.15) is 61.9 Å². The summed E-state index contributed by atoms with van der Waals surface area (Å²) in [4.78, 5) is 9.17. The summed E-state index contributed by atoms with van der Waals surface area (Å²) in [5, 5.41) is 0. The molecule has 15 heavy (non-hydrogen) atoms. The van der Waals surface area contributed by atoms with Crippen LogP contribution in [0.2, 0.25) is 0 Å². The molecular formula is C12H15BrN2. The van der Waals surface area contributed by atoms with Crippen LogP contribution in [0.4, 0.5) is 0 Å². The van der Waals surface area contributed by atoms with Gasteiger partial charge in [0, 0.05) is 18.0 Å². The Bertz CT molecular complexity index is 368. The summed E-state index contributed by atoms with van der Waals surface area (Å²) < 4.78 is 1.11. The standard InChI is InChI=1S/C12H15BrN2/c13-10-7-14-12(9-5-6-9)15-11(10)8-3-1-2-4-8/h7-9H,1-6H2. The number of rotatable bonds is 2. The molecule has 0 bridgehead atoms. The molecule has 0 saturated heterocycles. The maximum absolute atomic E-state index is 4.76. The Morgan fingerprint density at radius 1 is 1.07 bits per heavy atom. The van der Waals surface area contributed by atoms with E-state index in [-0.39, 0.29) is 0 Å². The van der Waals surface area contributed by atoms with Gasteiger partial charge in [0.2, 0.25) is 0 Å². The molecule has 2 aliphatic rings. The average molecular weight is 267 g/mol. The van der Waals surface area contributed by atoms with E-state index in [1.54, 1.807) is 0 Å². The molecule has 0 radical (unpaired) electrons. The monoisotopic (exact) mass is 266 g/mol. The molecule has 2 fully saturated rings. The van der Waals surface area contributed by atoms with Crippen molar-refractivity contribution in [3.63, 3.8) is 0 Å². The molecule has 3 heteroatoms. The molecule has 0 amide bonds. The SMILES string of the molecule is Brc1cnc(C2CC2)nc1C1CCCC1. The predicted octanol–water partition coefficient (Wildman–Crippen LogP) is 3.77. The highest BCUT2D eigenvalue weighted by molar-refractivity contribution is 9.10. The van der Waals surface area contributed by atoms with Crippen molar-refractivity contribution < 1.29 is 0 Å². The molecule has 1 aromatic rings. The number of hydrogen-bond donors (Lipinski definition) is 0. The topological polar surface area (TPSA) is 25.8 Å². The lowest BCUT2D eigenvalue weighted by atomic mass is 10.0. The fourth-order valence-corrected chi connectivity index (χ4v) is 2.93. The van der Waals surface area contributed by atoms with E-state index in [1.807, 2.05) is 6.20 Å². The first-order valence-electron chi connectivity index (χ1n) is 5.87. The summed E-state index contributed by atoms with van der Waals surface area (Å²) in [7, 11) is 0. The van der Waals surface area contributed by atoms with Gasteiger partial charge in [-0.05, 0) is 41.6 Å². The van der Waals surface area contributed by atoms with Crippen LogP contribution in [0.3, 0.4) is 0 Å². The number of nitrogens with zero attached hydrogens (tertiary/aromatic N) is 2. The van der Waals surface area contributed by atoms with Crippen molar-refractivity contribution in [2.45, 2.75) is 50.4 Å². The Labute approximate surface area is 98.6 Å². The molecule has 0 aromatic carbocycles. The molecule has 1 heterocycles. The van der Waals surface area contributed by atoms with Crippen LogP contribution in [-0.4, -0.2) is 9.97 Å². The number of aromatic nitrogens is 2. The lowest BCUT2D eigenvalue weighted by molar-refractivity contribution is 0.678. The van der Waals surface area contributed by atoms with Crippen LogP contribution >= 0.6 is 15.9 Å². The van der Waals surface area contributed by atoms with Gasteiger partial charge >= 0.3 is 0 Å². The maximum atomic E-state index is 4.76. The van der Waals surface area contributed by atoms with Gasteiger partial charge in [-0.2, -0.15) is 0 Å². The second kappa shape index (κ2) is 3.85. The van der Waals surface area contributed by atoms with E-state index >= 15 is 0 Å². The second-order valence-electron chi connectivity index (χ2n) is 4.72. The Morgan fingerprint density at radius 2 is 1.80 bits per heavy atom. The number of hydrogen-bond acceptors (Lipinski definition) is 2. The summed E-state index contributed by atoms with van der Waals surface area (Å²) in [6.45, 7) is 0. The van der Waals surface area contributed by atoms with E-state index in [4.69, 9.17) is 4.98 Å². The summed E-state index contributed by atoms with van der Waals surface area (Å²) in [6.07, 6.45) is 9.85. The van der Waals surface area contributed by atoms with Crippen molar-refractivity contribution in [1.29, 1.82) is 0 Å². The fourth-order valence-electron chi connectivity index (χ4n) is 2.42. The lowest BCUT2D eigenvalue weighted by Gasteiger charge is -2.11. The average Bonchev–Trinajstić information content (AvgIpc) is 2.95. The van der Waals surface area contributed by atoms with E-state index in [0.29, 0.717) is 11.8 Å². The van der Waals surface area contributed by atoms with Gasteiger partial charge in [0.05, 0.1) is 10.2 Å². The van der Waals surface area contributed by atoms with E-state index in [2.05, 4.69) is 20.9 Å². The highest BCUT2D eigenvalue weighted by Gasteiger charge is 2.28. The van der Waals surface area contributed by atoms with E-state index in [9.17, 15) is 0 Å². The normalized spacial score (nSPS) is 22.2. The van der Waals surface area contributed by atoms with Crippen LogP contribution < -0.4 is 0 Å². The Morgan fingerprint density at radius 3 is 2.47 bits per heavy atom. The van der Waals surface area contributed by atoms with Crippen LogP contribution in [0.25, 0.3) is 0 Å². The van der Waals surface area contributed by atoms with Crippen LogP contribution in [0.15, 0.2) is 10.7 Å². The van der Waals surface area contributed by atoms with E-state index in [1.165, 1.54) is 44.2 Å². The van der Waals surface area contributed by atoms with Crippen molar-refractivity contribution in [3.8, 4) is 0 Å². The van der Waals surface area contributed by atoms with Gasteiger partial charge in [0.15, 0.2) is 0 Å². The molecule has 1 aromatic heterocycles. The lowest BCUT2D eigenvalue weighted by Crippen LogP contribution is -2.02. The van der Waals surface area contributed by atoms with Crippen LogP contribution in [0.5, 0.6) is 0 Å². The zero-order chi connectivity index (χ0) is 10.3. The van der Waals surface area contributed by atoms with E-state index < -0.39 is 0 Å². The van der Waals surface area contributed by atoms with Crippen molar-refractivity contribution in [3.05, 3.63) is 22.2 Å². The first-order valence-corrected chi connectivity index (χ1v) is 6.66. The Hall–Kier alpha value is -0.440. The van der Waals surface area contributed by atoms with Crippen LogP contribution in [0, 0.1) is 0 Å². The van der Waals surface area contributed by atoms with Crippen LogP contribution in [-0.2, 0) is 0 Å². The first kappa shape index (κ1) is 9.76. The fraction of sp³-hybridized carbons (Fsp3) is 0.667. The third-order valence-corrected chi connectivity index (χ3v) is 4.09. The molecule has 0 aliphatic heterocycles. The molecule has 2 nitrogen and oxygen atoms in total. The van der Waals surface area contributed by atoms with Crippen molar-refractivity contribution >= 4 is 15.9 Å². The second-order valence-corrected chi connectivity index (χ2v) is 5.57. The molecule has 0 N–H and O–H groups in total. The minimum atomic E-state index is 0.665. The molecule has 0 atom stereocenters. The Balaban J connectivity index is 1.93. The third-order valence-electron chi connectivity index (χ3n) is 3.47. The molecule has 2 aliphatic carbocycles. The Kier molecular flexibility index (Phi) is 2.51. The van der Waals surface area contributed by atoms with Gasteiger partial charge in [-0.25, -0.2) is 9.97 Å². The minimum absolute atomic E-state index is 0.665. The predicted molar refractivity (Wildman–Crippen MR) is 62.9 cm³/mol. The third kappa shape index (κ3) is 1.94. The zero-order valence-corrected chi connectivity index (χ0v) is 10.3. The highest BCUT2D eigenvalue weighted by Crippen LogP contribution is 2.41. The van der Waals surface area contributed by atoms with Gasteiger partial charge in [0.25, 0.3) is 0 Å². The molecule has 0 spiro atoms. The first-order chi connectivity index (χ1) is 7.34. The summed E-state index contributed by atoms with van der Waals surface area (Å²) in [5.74, 6) is 2.43. The summed E-state index contributed by atoms with van der Waals surface area (Å²) in [5.41, 5.74) is 1.27. The van der Waals surface area contributed by atoms with Crippen molar-refractivity contribution in [1.82, 2.24) is 9.97 Å². The zero-order valence-electron chi connectivity index (χ0n) is 8.75. The van der Waals surface area contributed by atoms with Gasteiger partial charge in [-0.1, -0.05) is 12.8 Å². The smallest absolute Gasteiger partial charge is 0.131 e. The van der Waals surface area contributed by atoms with Gasteiger partial charge in [-0.3, -0.25) is 0 Å². The van der Waals surface area contributed by atoms with Gasteiger partial charge < -0.3 is 0 Å². The quantitative estimate of drug-likeness (QED) is 0.815. The minimum Gasteiger partial charge on any atom is -0.240 e. The molecule has 3 rings (SSSR count). The maximum Gasteiger partial charge on any atom is 0.131 e. The summed E-state index contributed by atoms with van der Waals surface area (Å²) in [6, 6.07) is 0. The van der Waals surface area contributed by atoms with Gasteiger partial charge in [0.1, 0.15) is 5.82 Å². The molecular weight excluding hydrogens is 252 g/mol. The number of halogens is 1.